The third-order valence-electron chi connectivity index (χ3n) is 4.85. The first kappa shape index (κ1) is 20.3. The first-order valence-electron chi connectivity index (χ1n) is 9.89. The molecular weight excluding hydrogens is 396 g/mol. The molecule has 2 heterocycles. The number of ether oxygens (including phenoxy) is 1. The summed E-state index contributed by atoms with van der Waals surface area (Å²) in [5.41, 5.74) is 2.93. The summed E-state index contributed by atoms with van der Waals surface area (Å²) in [6.07, 6.45) is 1.02. The molecule has 0 spiro atoms. The molecule has 2 aromatic carbocycles. The fourth-order valence-electron chi connectivity index (χ4n) is 3.36. The van der Waals surface area contributed by atoms with Crippen LogP contribution in [-0.2, 0) is 12.8 Å². The number of hydrogen-bond donors (Lipinski definition) is 1. The highest BCUT2D eigenvalue weighted by atomic mass is 16.5. The number of para-hydroxylation sites is 1. The van der Waals surface area contributed by atoms with Crippen molar-refractivity contribution < 1.29 is 19.1 Å². The van der Waals surface area contributed by atoms with Crippen molar-refractivity contribution in [1.29, 1.82) is 0 Å². The molecule has 0 unspecified atom stereocenters. The molecule has 0 aliphatic heterocycles. The second-order valence-corrected chi connectivity index (χ2v) is 7.09. The van der Waals surface area contributed by atoms with Crippen LogP contribution in [0.1, 0.15) is 39.1 Å². The van der Waals surface area contributed by atoms with Crippen molar-refractivity contribution >= 4 is 5.97 Å². The minimum Gasteiger partial charge on any atom is -0.493 e. The number of rotatable bonds is 8. The molecule has 0 saturated heterocycles. The molecule has 0 radical (unpaired) electrons. The van der Waals surface area contributed by atoms with Crippen LogP contribution in [0.4, 0.5) is 0 Å². The Morgan fingerprint density at radius 1 is 1.06 bits per heavy atom. The summed E-state index contributed by atoms with van der Waals surface area (Å²) in [6, 6.07) is 16.6. The van der Waals surface area contributed by atoms with E-state index in [2.05, 4.69) is 15.3 Å². The van der Waals surface area contributed by atoms with Crippen molar-refractivity contribution in [2.45, 2.75) is 26.7 Å². The molecule has 0 aliphatic carbocycles. The first-order chi connectivity index (χ1) is 15.0. The number of carboxylic acids is 1. The number of aryl methyl sites for hydroxylation is 2. The van der Waals surface area contributed by atoms with Gasteiger partial charge < -0.3 is 14.3 Å². The van der Waals surface area contributed by atoms with Gasteiger partial charge in [-0.1, -0.05) is 35.5 Å². The van der Waals surface area contributed by atoms with Crippen LogP contribution in [0.3, 0.4) is 0 Å². The minimum absolute atomic E-state index is 0.0600. The maximum Gasteiger partial charge on any atom is 0.356 e. The summed E-state index contributed by atoms with van der Waals surface area (Å²) < 4.78 is 12.6. The molecule has 31 heavy (non-hydrogen) atoms. The van der Waals surface area contributed by atoms with Crippen LogP contribution in [0.25, 0.3) is 5.69 Å². The molecule has 8 heteroatoms. The average molecular weight is 418 g/mol. The molecule has 0 atom stereocenters. The Balaban J connectivity index is 1.43. The molecule has 0 fully saturated rings. The van der Waals surface area contributed by atoms with E-state index in [0.29, 0.717) is 36.7 Å². The van der Waals surface area contributed by atoms with Gasteiger partial charge in [0.15, 0.2) is 11.6 Å². The zero-order chi connectivity index (χ0) is 21.8. The maximum atomic E-state index is 11.8. The van der Waals surface area contributed by atoms with Gasteiger partial charge in [-0.15, -0.1) is 5.10 Å². The van der Waals surface area contributed by atoms with Crippen LogP contribution in [0.15, 0.2) is 59.0 Å². The van der Waals surface area contributed by atoms with Crippen LogP contribution in [0.2, 0.25) is 0 Å². The number of carboxylic acid groups (broad SMARTS) is 1. The predicted molar refractivity (Wildman–Crippen MR) is 113 cm³/mol. The fraction of sp³-hybridized carbons (Fsp3) is 0.217. The van der Waals surface area contributed by atoms with E-state index in [1.807, 2.05) is 56.3 Å². The Bertz CT molecular complexity index is 1180. The van der Waals surface area contributed by atoms with Gasteiger partial charge in [-0.05, 0) is 36.8 Å². The minimum atomic E-state index is -1.07. The molecule has 0 saturated carbocycles. The molecule has 8 nitrogen and oxygen atoms in total. The molecule has 4 aromatic rings. The highest BCUT2D eigenvalue weighted by Gasteiger charge is 2.21. The van der Waals surface area contributed by atoms with E-state index >= 15 is 0 Å². The fourth-order valence-corrected chi connectivity index (χ4v) is 3.36. The standard InChI is InChI=1S/C23H22N4O4/c1-15-20(24-16(2)31-15)12-13-30-19-10-8-17(9-11-19)14-21-22(23(28)29)27(26-25-21)18-6-4-3-5-7-18/h3-11H,12-14H2,1-2H3,(H,28,29). The smallest absolute Gasteiger partial charge is 0.356 e. The van der Waals surface area contributed by atoms with E-state index in [1.165, 1.54) is 4.68 Å². The third kappa shape index (κ3) is 4.63. The van der Waals surface area contributed by atoms with E-state index in [1.54, 1.807) is 12.1 Å². The van der Waals surface area contributed by atoms with E-state index in [-0.39, 0.29) is 5.69 Å². The van der Waals surface area contributed by atoms with Crippen LogP contribution >= 0.6 is 0 Å². The zero-order valence-corrected chi connectivity index (χ0v) is 17.3. The van der Waals surface area contributed by atoms with E-state index in [0.717, 1.165) is 22.8 Å². The molecular formula is C23H22N4O4. The molecule has 1 N–H and O–H groups in total. The second-order valence-electron chi connectivity index (χ2n) is 7.09. The number of hydrogen-bond acceptors (Lipinski definition) is 6. The van der Waals surface area contributed by atoms with E-state index in [9.17, 15) is 9.90 Å². The lowest BCUT2D eigenvalue weighted by Crippen LogP contribution is -2.10. The molecule has 0 amide bonds. The molecule has 4 rings (SSSR count). The summed E-state index contributed by atoms with van der Waals surface area (Å²) in [5, 5.41) is 17.9. The van der Waals surface area contributed by atoms with Crippen molar-refractivity contribution in [1.82, 2.24) is 20.0 Å². The van der Waals surface area contributed by atoms with Gasteiger partial charge >= 0.3 is 5.97 Å². The molecule has 2 aromatic heterocycles. The lowest BCUT2D eigenvalue weighted by molar-refractivity contribution is 0.0686. The number of aromatic carboxylic acids is 1. The van der Waals surface area contributed by atoms with E-state index in [4.69, 9.17) is 9.15 Å². The quantitative estimate of drug-likeness (QED) is 0.464. The van der Waals surface area contributed by atoms with Crippen molar-refractivity contribution in [2.75, 3.05) is 6.61 Å². The molecule has 0 aliphatic rings. The Kier molecular flexibility index (Phi) is 5.79. The Morgan fingerprint density at radius 3 is 2.45 bits per heavy atom. The van der Waals surface area contributed by atoms with Gasteiger partial charge in [-0.25, -0.2) is 14.5 Å². The number of aromatic nitrogens is 4. The predicted octanol–water partition coefficient (Wildman–Crippen LogP) is 3.78. The largest absolute Gasteiger partial charge is 0.493 e. The second kappa shape index (κ2) is 8.83. The van der Waals surface area contributed by atoms with Crippen molar-refractivity contribution in [2.24, 2.45) is 0 Å². The number of carbonyl (C=O) groups is 1. The number of nitrogens with zero attached hydrogens (tertiary/aromatic N) is 4. The number of oxazole rings is 1. The molecule has 0 bridgehead atoms. The van der Waals surface area contributed by atoms with Crippen LogP contribution in [-0.4, -0.2) is 37.7 Å². The maximum absolute atomic E-state index is 11.8. The average Bonchev–Trinajstić information content (AvgIpc) is 3.32. The summed E-state index contributed by atoms with van der Waals surface area (Å²) >= 11 is 0. The van der Waals surface area contributed by atoms with Gasteiger partial charge in [0.25, 0.3) is 0 Å². The lowest BCUT2D eigenvalue weighted by atomic mass is 10.1. The molecule has 158 valence electrons. The summed E-state index contributed by atoms with van der Waals surface area (Å²) in [7, 11) is 0. The topological polar surface area (TPSA) is 103 Å². The van der Waals surface area contributed by atoms with E-state index < -0.39 is 5.97 Å². The monoisotopic (exact) mass is 418 g/mol. The van der Waals surface area contributed by atoms with Gasteiger partial charge in [-0.3, -0.25) is 0 Å². The number of benzene rings is 2. The van der Waals surface area contributed by atoms with Gasteiger partial charge in [-0.2, -0.15) is 0 Å². The zero-order valence-electron chi connectivity index (χ0n) is 17.3. The Morgan fingerprint density at radius 2 is 1.81 bits per heavy atom. The highest BCUT2D eigenvalue weighted by molar-refractivity contribution is 5.87. The van der Waals surface area contributed by atoms with Crippen molar-refractivity contribution in [3.05, 3.63) is 88.9 Å². The van der Waals surface area contributed by atoms with Crippen LogP contribution in [0.5, 0.6) is 5.75 Å². The Hall–Kier alpha value is -3.94. The van der Waals surface area contributed by atoms with Crippen molar-refractivity contribution in [3.63, 3.8) is 0 Å². The van der Waals surface area contributed by atoms with Gasteiger partial charge in [0.05, 0.1) is 18.0 Å². The van der Waals surface area contributed by atoms with Gasteiger partial charge in [0, 0.05) is 19.8 Å². The summed E-state index contributed by atoms with van der Waals surface area (Å²) in [5.74, 6) is 1.13. The van der Waals surface area contributed by atoms with Crippen LogP contribution < -0.4 is 4.74 Å². The summed E-state index contributed by atoms with van der Waals surface area (Å²) in [6.45, 7) is 4.20. The van der Waals surface area contributed by atoms with Crippen molar-refractivity contribution in [3.8, 4) is 11.4 Å². The van der Waals surface area contributed by atoms with Gasteiger partial charge in [0.1, 0.15) is 17.2 Å². The normalized spacial score (nSPS) is 10.9. The highest BCUT2D eigenvalue weighted by Crippen LogP contribution is 2.19. The van der Waals surface area contributed by atoms with Gasteiger partial charge in [0.2, 0.25) is 0 Å². The Labute approximate surface area is 179 Å². The van der Waals surface area contributed by atoms with Crippen LogP contribution in [0, 0.1) is 13.8 Å². The third-order valence-corrected chi connectivity index (χ3v) is 4.85. The lowest BCUT2D eigenvalue weighted by Gasteiger charge is -2.07. The summed E-state index contributed by atoms with van der Waals surface area (Å²) in [4.78, 5) is 16.2. The SMILES string of the molecule is Cc1nc(CCOc2ccc(Cc3nnn(-c4ccccc4)c3C(=O)O)cc2)c(C)o1. The first-order valence-corrected chi connectivity index (χ1v) is 9.89.